The predicted octanol–water partition coefficient (Wildman–Crippen LogP) is 2.32. The minimum absolute atomic E-state index is 0.214. The first-order valence-corrected chi connectivity index (χ1v) is 7.11. The highest BCUT2D eigenvalue weighted by molar-refractivity contribution is 7.15. The van der Waals surface area contributed by atoms with Crippen molar-refractivity contribution in [1.29, 1.82) is 0 Å². The van der Waals surface area contributed by atoms with Gasteiger partial charge in [-0.25, -0.2) is 4.79 Å². The fourth-order valence-electron chi connectivity index (χ4n) is 2.30. The lowest BCUT2D eigenvalue weighted by atomic mass is 9.97. The van der Waals surface area contributed by atoms with E-state index in [2.05, 4.69) is 15.5 Å². The molecule has 1 fully saturated rings. The molecule has 2 N–H and O–H groups in total. The Hall–Kier alpha value is -1.42. The van der Waals surface area contributed by atoms with E-state index in [0.717, 1.165) is 6.42 Å². The number of carbonyl (C=O) groups is 1. The minimum Gasteiger partial charge on any atom is -0.388 e. The SMILES string of the molecule is CC(C)(O)C1CCCN1C(=O)Nc1nnc(C(F)(F)F)s1. The van der Waals surface area contributed by atoms with Crippen LogP contribution in [0.3, 0.4) is 0 Å². The van der Waals surface area contributed by atoms with Gasteiger partial charge in [0.25, 0.3) is 0 Å². The van der Waals surface area contributed by atoms with E-state index in [9.17, 15) is 23.1 Å². The summed E-state index contributed by atoms with van der Waals surface area (Å²) in [4.78, 5) is 13.5. The third-order valence-corrected chi connectivity index (χ3v) is 4.09. The van der Waals surface area contributed by atoms with E-state index in [1.165, 1.54) is 4.90 Å². The van der Waals surface area contributed by atoms with E-state index in [1.807, 2.05) is 0 Å². The van der Waals surface area contributed by atoms with Gasteiger partial charge in [0.1, 0.15) is 0 Å². The first-order valence-electron chi connectivity index (χ1n) is 6.30. The summed E-state index contributed by atoms with van der Waals surface area (Å²) in [7, 11) is 0. The van der Waals surface area contributed by atoms with Crippen molar-refractivity contribution < 1.29 is 23.1 Å². The fourth-order valence-corrected chi connectivity index (χ4v) is 2.90. The van der Waals surface area contributed by atoms with Gasteiger partial charge < -0.3 is 10.0 Å². The summed E-state index contributed by atoms with van der Waals surface area (Å²) in [6, 6.07) is -0.961. The van der Waals surface area contributed by atoms with Crippen LogP contribution in [-0.2, 0) is 6.18 Å². The lowest BCUT2D eigenvalue weighted by Crippen LogP contribution is -2.49. The van der Waals surface area contributed by atoms with E-state index < -0.39 is 22.8 Å². The Bertz CT molecular complexity index is 526. The molecule has 118 valence electrons. The molecule has 0 aromatic carbocycles. The van der Waals surface area contributed by atoms with Gasteiger partial charge in [0.2, 0.25) is 10.1 Å². The highest BCUT2D eigenvalue weighted by atomic mass is 32.1. The van der Waals surface area contributed by atoms with Gasteiger partial charge in [-0.3, -0.25) is 5.32 Å². The highest BCUT2D eigenvalue weighted by Crippen LogP contribution is 2.33. The molecule has 2 rings (SSSR count). The summed E-state index contributed by atoms with van der Waals surface area (Å²) in [5.74, 6) is 0. The third-order valence-electron chi connectivity index (χ3n) is 3.21. The van der Waals surface area contributed by atoms with Crippen molar-refractivity contribution in [1.82, 2.24) is 15.1 Å². The molecule has 0 saturated carbocycles. The molecule has 0 spiro atoms. The number of nitrogens with one attached hydrogen (secondary N) is 1. The minimum atomic E-state index is -4.58. The Kier molecular flexibility index (Phi) is 4.11. The van der Waals surface area contributed by atoms with Crippen LogP contribution >= 0.6 is 11.3 Å². The van der Waals surface area contributed by atoms with Crippen LogP contribution in [0, 0.1) is 0 Å². The molecule has 1 aromatic heterocycles. The Labute approximate surface area is 123 Å². The number of hydrogen-bond acceptors (Lipinski definition) is 5. The molecule has 0 bridgehead atoms. The zero-order valence-electron chi connectivity index (χ0n) is 11.4. The molecule has 2 heterocycles. The van der Waals surface area contributed by atoms with Gasteiger partial charge >= 0.3 is 12.2 Å². The van der Waals surface area contributed by atoms with Crippen molar-refractivity contribution in [2.75, 3.05) is 11.9 Å². The van der Waals surface area contributed by atoms with E-state index in [0.29, 0.717) is 13.0 Å². The monoisotopic (exact) mass is 324 g/mol. The zero-order chi connectivity index (χ0) is 15.8. The number of alkyl halides is 3. The zero-order valence-corrected chi connectivity index (χ0v) is 12.3. The number of rotatable bonds is 2. The maximum Gasteiger partial charge on any atom is 0.445 e. The number of amides is 2. The van der Waals surface area contributed by atoms with Gasteiger partial charge in [-0.1, -0.05) is 11.3 Å². The smallest absolute Gasteiger partial charge is 0.388 e. The summed E-state index contributed by atoms with van der Waals surface area (Å²) >= 11 is 0.267. The topological polar surface area (TPSA) is 78.4 Å². The molecule has 1 unspecified atom stereocenters. The van der Waals surface area contributed by atoms with Crippen LogP contribution in [0.25, 0.3) is 0 Å². The quantitative estimate of drug-likeness (QED) is 0.875. The van der Waals surface area contributed by atoms with E-state index >= 15 is 0 Å². The van der Waals surface area contributed by atoms with E-state index in [1.54, 1.807) is 13.8 Å². The second-order valence-corrected chi connectivity index (χ2v) is 6.32. The summed E-state index contributed by atoms with van der Waals surface area (Å²) < 4.78 is 37.2. The van der Waals surface area contributed by atoms with Crippen LogP contribution in [0.4, 0.5) is 23.1 Å². The summed E-state index contributed by atoms with van der Waals surface area (Å²) in [5.41, 5.74) is -1.08. The van der Waals surface area contributed by atoms with Gasteiger partial charge in [-0.15, -0.1) is 10.2 Å². The first-order chi connectivity index (χ1) is 9.59. The first kappa shape index (κ1) is 16.0. The summed E-state index contributed by atoms with van der Waals surface area (Å²) in [5, 5.41) is 17.3. The molecule has 6 nitrogen and oxygen atoms in total. The molecule has 1 aromatic rings. The second kappa shape index (κ2) is 5.41. The van der Waals surface area contributed by atoms with Gasteiger partial charge in [-0.2, -0.15) is 13.2 Å². The van der Waals surface area contributed by atoms with Crippen LogP contribution in [0.15, 0.2) is 0 Å². The van der Waals surface area contributed by atoms with Gasteiger partial charge in [0.15, 0.2) is 0 Å². The predicted molar refractivity (Wildman–Crippen MR) is 70.0 cm³/mol. The summed E-state index contributed by atoms with van der Waals surface area (Å²) in [6.07, 6.45) is -3.21. The maximum atomic E-state index is 12.4. The number of carbonyl (C=O) groups excluding carboxylic acids is 1. The molecule has 10 heteroatoms. The highest BCUT2D eigenvalue weighted by Gasteiger charge is 2.39. The molecule has 21 heavy (non-hydrogen) atoms. The van der Waals surface area contributed by atoms with Crippen LogP contribution in [0.5, 0.6) is 0 Å². The van der Waals surface area contributed by atoms with Crippen LogP contribution in [0.1, 0.15) is 31.7 Å². The Morgan fingerprint density at radius 1 is 1.43 bits per heavy atom. The van der Waals surface area contributed by atoms with Crippen molar-refractivity contribution in [2.45, 2.75) is 44.5 Å². The molecule has 1 aliphatic heterocycles. The Morgan fingerprint density at radius 2 is 2.10 bits per heavy atom. The molecular formula is C11H15F3N4O2S. The lowest BCUT2D eigenvalue weighted by molar-refractivity contribution is -0.138. The number of likely N-dealkylation sites (tertiary alicyclic amines) is 1. The van der Waals surface area contributed by atoms with Crippen LogP contribution in [0.2, 0.25) is 0 Å². The van der Waals surface area contributed by atoms with Crippen LogP contribution in [-0.4, -0.2) is 44.4 Å². The van der Waals surface area contributed by atoms with E-state index in [-0.39, 0.29) is 22.5 Å². The molecule has 2 amide bonds. The number of hydrogen-bond donors (Lipinski definition) is 2. The Balaban J connectivity index is 2.06. The molecule has 1 saturated heterocycles. The van der Waals surface area contributed by atoms with Crippen molar-refractivity contribution in [3.63, 3.8) is 0 Å². The number of aromatic nitrogens is 2. The maximum absolute atomic E-state index is 12.4. The normalized spacial score (nSPS) is 19.9. The molecule has 1 atom stereocenters. The fraction of sp³-hybridized carbons (Fsp3) is 0.727. The number of anilines is 1. The average molecular weight is 324 g/mol. The second-order valence-electron chi connectivity index (χ2n) is 5.35. The Morgan fingerprint density at radius 3 is 2.62 bits per heavy atom. The standard InChI is InChI=1S/C11H15F3N4O2S/c1-10(2,20)6-4-3-5-18(6)9(19)15-8-17-16-7(21-8)11(12,13)14/h6,20H,3-5H2,1-2H3,(H,15,17,19). The van der Waals surface area contributed by atoms with Gasteiger partial charge in [0.05, 0.1) is 11.6 Å². The largest absolute Gasteiger partial charge is 0.445 e. The number of aliphatic hydroxyl groups is 1. The van der Waals surface area contributed by atoms with Gasteiger partial charge in [-0.05, 0) is 26.7 Å². The van der Waals surface area contributed by atoms with E-state index in [4.69, 9.17) is 0 Å². The molecular weight excluding hydrogens is 309 g/mol. The molecule has 0 aliphatic carbocycles. The van der Waals surface area contributed by atoms with Crippen molar-refractivity contribution in [2.24, 2.45) is 0 Å². The average Bonchev–Trinajstić information content (AvgIpc) is 2.94. The van der Waals surface area contributed by atoms with Crippen molar-refractivity contribution >= 4 is 22.5 Å². The van der Waals surface area contributed by atoms with Crippen molar-refractivity contribution in [3.05, 3.63) is 5.01 Å². The number of halogens is 3. The number of urea groups is 1. The van der Waals surface area contributed by atoms with Crippen LogP contribution < -0.4 is 5.32 Å². The molecule has 1 aliphatic rings. The number of nitrogens with zero attached hydrogens (tertiary/aromatic N) is 3. The molecule has 0 radical (unpaired) electrons. The van der Waals surface area contributed by atoms with Gasteiger partial charge in [0, 0.05) is 6.54 Å². The lowest BCUT2D eigenvalue weighted by Gasteiger charge is -2.33. The summed E-state index contributed by atoms with van der Waals surface area (Å²) in [6.45, 7) is 3.62. The third kappa shape index (κ3) is 3.62. The van der Waals surface area contributed by atoms with Crippen molar-refractivity contribution in [3.8, 4) is 0 Å².